The second-order valence-electron chi connectivity index (χ2n) is 10.4. The van der Waals surface area contributed by atoms with Crippen LogP contribution in [0.5, 0.6) is 0 Å². The summed E-state index contributed by atoms with van der Waals surface area (Å²) in [4.78, 5) is 47.0. The molecular weight excluding hydrogens is 424 g/mol. The predicted octanol–water partition coefficient (Wildman–Crippen LogP) is 7.23. The van der Waals surface area contributed by atoms with Crippen LogP contribution in [0.4, 0.5) is 0 Å². The van der Waals surface area contributed by atoms with Gasteiger partial charge in [0.15, 0.2) is 5.78 Å². The summed E-state index contributed by atoms with van der Waals surface area (Å²) in [7, 11) is 0. The molecule has 1 aliphatic carbocycles. The van der Waals surface area contributed by atoms with Crippen LogP contribution in [0.25, 0.3) is 0 Å². The molecule has 3 atom stereocenters. The molecule has 0 bridgehead atoms. The molecule has 1 aromatic carbocycles. The van der Waals surface area contributed by atoms with Gasteiger partial charge in [-0.05, 0) is 74.5 Å². The number of aryl methyl sites for hydroxylation is 1. The van der Waals surface area contributed by atoms with Crippen LogP contribution in [-0.2, 0) is 20.8 Å². The van der Waals surface area contributed by atoms with Gasteiger partial charge in [0, 0.05) is 24.3 Å². The van der Waals surface area contributed by atoms with E-state index < -0.39 is 0 Å². The van der Waals surface area contributed by atoms with Crippen LogP contribution in [0.3, 0.4) is 0 Å². The second kappa shape index (κ2) is 14.3. The van der Waals surface area contributed by atoms with Crippen LogP contribution >= 0.6 is 0 Å². The average molecular weight is 471 g/mol. The fraction of sp³-hybridized carbons (Fsp3) is 0.667. The number of rotatable bonds is 11. The van der Waals surface area contributed by atoms with Crippen LogP contribution < -0.4 is 0 Å². The lowest BCUT2D eigenvalue weighted by atomic mass is 9.71. The van der Waals surface area contributed by atoms with Crippen molar-refractivity contribution in [2.75, 3.05) is 0 Å². The van der Waals surface area contributed by atoms with Gasteiger partial charge in [-0.3, -0.25) is 14.4 Å². The third-order valence-electron chi connectivity index (χ3n) is 7.06. The Bertz CT molecular complexity index is 865. The van der Waals surface area contributed by atoms with Crippen LogP contribution in [0.15, 0.2) is 12.1 Å². The maximum absolute atomic E-state index is 13.0. The van der Waals surface area contributed by atoms with E-state index in [-0.39, 0.29) is 47.3 Å². The average Bonchev–Trinajstić information content (AvgIpc) is 2.73. The number of Topliss-reactive ketones (excluding diaryl/α,β-unsaturated/α-hetero) is 4. The molecule has 0 aliphatic heterocycles. The molecule has 0 N–H and O–H groups in total. The molecule has 4 nitrogen and oxygen atoms in total. The lowest BCUT2D eigenvalue weighted by Gasteiger charge is -2.33. The largest absolute Gasteiger partial charge is 0.300 e. The molecule has 4 heteroatoms. The summed E-state index contributed by atoms with van der Waals surface area (Å²) in [6, 6.07) is 4.27. The van der Waals surface area contributed by atoms with E-state index in [4.69, 9.17) is 0 Å². The molecule has 0 saturated carbocycles. The zero-order chi connectivity index (χ0) is 26.0. The van der Waals surface area contributed by atoms with Crippen molar-refractivity contribution in [3.05, 3.63) is 34.4 Å². The lowest BCUT2D eigenvalue weighted by Crippen LogP contribution is -2.30. The predicted molar refractivity (Wildman–Crippen MR) is 139 cm³/mol. The molecule has 1 aliphatic rings. The Morgan fingerprint density at radius 2 is 1.62 bits per heavy atom. The van der Waals surface area contributed by atoms with Crippen LogP contribution in [-0.4, -0.2) is 23.1 Å². The van der Waals surface area contributed by atoms with E-state index in [1.165, 1.54) is 18.1 Å². The highest BCUT2D eigenvalue weighted by atomic mass is 16.1. The summed E-state index contributed by atoms with van der Waals surface area (Å²) < 4.78 is 0. The van der Waals surface area contributed by atoms with Gasteiger partial charge in [0.2, 0.25) is 0 Å². The van der Waals surface area contributed by atoms with Gasteiger partial charge < -0.3 is 4.79 Å². The molecule has 0 saturated heterocycles. The van der Waals surface area contributed by atoms with Crippen LogP contribution in [0, 0.1) is 24.7 Å². The SMILES string of the molecule is CCC(C)=O.CCCC(CC1CC(=O)c2c(C)ccc(C(C)C)c2C1)C(CC)C(=O)CC(C)=O. The molecule has 1 aromatic rings. The van der Waals surface area contributed by atoms with Gasteiger partial charge in [0.1, 0.15) is 17.3 Å². The molecule has 3 unspecified atom stereocenters. The first kappa shape index (κ1) is 29.9. The van der Waals surface area contributed by atoms with Gasteiger partial charge in [-0.2, -0.15) is 0 Å². The lowest BCUT2D eigenvalue weighted by molar-refractivity contribution is -0.130. The van der Waals surface area contributed by atoms with Crippen LogP contribution in [0.1, 0.15) is 126 Å². The first-order chi connectivity index (χ1) is 16.0. The van der Waals surface area contributed by atoms with Crippen molar-refractivity contribution in [1.29, 1.82) is 0 Å². The van der Waals surface area contributed by atoms with E-state index in [0.29, 0.717) is 18.8 Å². The van der Waals surface area contributed by atoms with Crippen molar-refractivity contribution in [2.24, 2.45) is 17.8 Å². The number of hydrogen-bond donors (Lipinski definition) is 0. The van der Waals surface area contributed by atoms with Crippen molar-refractivity contribution in [3.8, 4) is 0 Å². The Hall–Kier alpha value is -2.10. The topological polar surface area (TPSA) is 68.3 Å². The first-order valence-electron chi connectivity index (χ1n) is 13.1. The van der Waals surface area contributed by atoms with Crippen molar-refractivity contribution in [1.82, 2.24) is 0 Å². The van der Waals surface area contributed by atoms with E-state index in [9.17, 15) is 19.2 Å². The quantitative estimate of drug-likeness (QED) is 0.320. The van der Waals surface area contributed by atoms with E-state index in [2.05, 4.69) is 32.9 Å². The number of benzene rings is 1. The maximum atomic E-state index is 13.0. The molecule has 0 spiro atoms. The fourth-order valence-electron chi connectivity index (χ4n) is 5.30. The first-order valence-corrected chi connectivity index (χ1v) is 13.1. The zero-order valence-corrected chi connectivity index (χ0v) is 22.8. The summed E-state index contributed by atoms with van der Waals surface area (Å²) in [5.74, 6) is 1.40. The maximum Gasteiger partial charge on any atom is 0.163 e. The molecule has 190 valence electrons. The van der Waals surface area contributed by atoms with Crippen molar-refractivity contribution < 1.29 is 19.2 Å². The summed E-state index contributed by atoms with van der Waals surface area (Å²) in [5, 5.41) is 0. The Balaban J connectivity index is 0.00000104. The number of hydrogen-bond acceptors (Lipinski definition) is 4. The third-order valence-corrected chi connectivity index (χ3v) is 7.06. The number of ketones is 4. The van der Waals surface area contributed by atoms with Crippen molar-refractivity contribution in [2.45, 2.75) is 113 Å². The Kier molecular flexibility index (Phi) is 12.6. The van der Waals surface area contributed by atoms with Crippen molar-refractivity contribution >= 4 is 23.1 Å². The number of carbonyl (C=O) groups is 4. The number of carbonyl (C=O) groups excluding carboxylic acids is 4. The monoisotopic (exact) mass is 470 g/mol. The Morgan fingerprint density at radius 1 is 1.00 bits per heavy atom. The van der Waals surface area contributed by atoms with Gasteiger partial charge >= 0.3 is 0 Å². The molecule has 0 fully saturated rings. The minimum atomic E-state index is -0.0718. The molecule has 2 rings (SSSR count). The second-order valence-corrected chi connectivity index (χ2v) is 10.4. The molecule has 34 heavy (non-hydrogen) atoms. The molecule has 0 aromatic heterocycles. The summed E-state index contributed by atoms with van der Waals surface area (Å²) in [6.45, 7) is 15.5. The highest BCUT2D eigenvalue weighted by Gasteiger charge is 2.33. The summed E-state index contributed by atoms with van der Waals surface area (Å²) >= 11 is 0. The Labute approximate surface area is 207 Å². The highest BCUT2D eigenvalue weighted by molar-refractivity contribution is 6.00. The summed E-state index contributed by atoms with van der Waals surface area (Å²) in [5.41, 5.74) is 4.55. The Morgan fingerprint density at radius 3 is 2.09 bits per heavy atom. The normalized spacial score (nSPS) is 16.9. The van der Waals surface area contributed by atoms with E-state index in [1.807, 2.05) is 20.8 Å². The van der Waals surface area contributed by atoms with Crippen molar-refractivity contribution in [3.63, 3.8) is 0 Å². The van der Waals surface area contributed by atoms with Gasteiger partial charge in [-0.1, -0.05) is 59.6 Å². The van der Waals surface area contributed by atoms with Gasteiger partial charge in [-0.25, -0.2) is 0 Å². The highest BCUT2D eigenvalue weighted by Crippen LogP contribution is 2.38. The smallest absolute Gasteiger partial charge is 0.163 e. The molecule has 0 radical (unpaired) electrons. The van der Waals surface area contributed by atoms with E-state index in [1.54, 1.807) is 6.92 Å². The van der Waals surface area contributed by atoms with Gasteiger partial charge in [-0.15, -0.1) is 0 Å². The van der Waals surface area contributed by atoms with E-state index >= 15 is 0 Å². The van der Waals surface area contributed by atoms with Crippen LogP contribution in [0.2, 0.25) is 0 Å². The number of fused-ring (bicyclic) bond motifs is 1. The van der Waals surface area contributed by atoms with Gasteiger partial charge in [0.25, 0.3) is 0 Å². The van der Waals surface area contributed by atoms with E-state index in [0.717, 1.165) is 43.2 Å². The molecule has 0 heterocycles. The minimum Gasteiger partial charge on any atom is -0.300 e. The summed E-state index contributed by atoms with van der Waals surface area (Å²) in [6.07, 6.45) is 5.87. The zero-order valence-electron chi connectivity index (χ0n) is 22.8. The third kappa shape index (κ3) is 8.60. The van der Waals surface area contributed by atoms with Gasteiger partial charge in [0.05, 0.1) is 6.42 Å². The minimum absolute atomic E-state index is 0.0435. The standard InChI is InChI=1S/C26H38O3.C4H8O/c1-7-9-20(21(8-2)24(28)12-18(6)27)13-19-14-23-22(16(3)4)11-10-17(5)26(23)25(29)15-19;1-3-4(2)5/h10-11,16,19-21H,7-9,12-15H2,1-6H3;3H2,1-2H3. The fourth-order valence-corrected chi connectivity index (χ4v) is 5.30. The molecular formula is C30H46O4. The molecule has 0 amide bonds.